The Labute approximate surface area is 462 Å². The highest BCUT2D eigenvalue weighted by molar-refractivity contribution is 5.71. The minimum atomic E-state index is -0.793. The topological polar surface area (TPSA) is 78.9 Å². The van der Waals surface area contributed by atoms with Gasteiger partial charge in [-0.15, -0.1) is 0 Å². The minimum absolute atomic E-state index is 0.0908. The molecule has 6 nitrogen and oxygen atoms in total. The van der Waals surface area contributed by atoms with Crippen molar-refractivity contribution >= 4 is 17.9 Å². The van der Waals surface area contributed by atoms with Gasteiger partial charge in [-0.05, 0) is 128 Å². The predicted octanol–water partition coefficient (Wildman–Crippen LogP) is 21.2. The van der Waals surface area contributed by atoms with Gasteiger partial charge >= 0.3 is 17.9 Å². The van der Waals surface area contributed by atoms with Crippen LogP contribution in [0.1, 0.15) is 278 Å². The second-order valence-electron chi connectivity index (χ2n) is 20.2. The van der Waals surface area contributed by atoms with Crippen LogP contribution in [0.5, 0.6) is 0 Å². The van der Waals surface area contributed by atoms with Crippen molar-refractivity contribution in [1.29, 1.82) is 0 Å². The fraction of sp³-hybridized carbons (Fsp3) is 0.667. The van der Waals surface area contributed by atoms with Gasteiger partial charge in [0, 0.05) is 19.3 Å². The molecule has 6 heteroatoms. The second kappa shape index (κ2) is 62.4. The smallest absolute Gasteiger partial charge is 0.306 e. The summed E-state index contributed by atoms with van der Waals surface area (Å²) in [5.41, 5.74) is 0. The Bertz CT molecular complexity index is 1570. The molecule has 0 aromatic heterocycles. The molecular weight excluding hydrogens is 925 g/mol. The molecule has 0 bridgehead atoms. The predicted molar refractivity (Wildman–Crippen MR) is 325 cm³/mol. The van der Waals surface area contributed by atoms with Gasteiger partial charge in [0.05, 0.1) is 0 Å². The van der Waals surface area contributed by atoms with Crippen LogP contribution in [0.15, 0.2) is 122 Å². The Balaban J connectivity index is 4.32. The van der Waals surface area contributed by atoms with E-state index in [0.717, 1.165) is 135 Å². The van der Waals surface area contributed by atoms with E-state index in [1.165, 1.54) is 103 Å². The van der Waals surface area contributed by atoms with Crippen LogP contribution in [-0.2, 0) is 28.6 Å². The van der Waals surface area contributed by atoms with Gasteiger partial charge in [-0.3, -0.25) is 14.4 Å². The number of carbonyl (C=O) groups excluding carboxylic acids is 3. The molecule has 0 aliphatic rings. The number of esters is 3. The third-order valence-electron chi connectivity index (χ3n) is 12.9. The summed E-state index contributed by atoms with van der Waals surface area (Å²) in [7, 11) is 0. The molecule has 0 heterocycles. The number of rotatable bonds is 55. The molecule has 426 valence electrons. The van der Waals surface area contributed by atoms with Crippen molar-refractivity contribution < 1.29 is 28.6 Å². The van der Waals surface area contributed by atoms with Crippen LogP contribution in [0.25, 0.3) is 0 Å². The lowest BCUT2D eigenvalue weighted by molar-refractivity contribution is -0.167. The zero-order valence-corrected chi connectivity index (χ0v) is 48.8. The lowest BCUT2D eigenvalue weighted by Gasteiger charge is -2.18. The Kier molecular flexibility index (Phi) is 58.9. The Hall–Kier alpha value is -4.19. The molecule has 0 N–H and O–H groups in total. The zero-order valence-electron chi connectivity index (χ0n) is 48.8. The quantitative estimate of drug-likeness (QED) is 0.0261. The molecule has 0 aromatic rings. The molecule has 0 aliphatic carbocycles. The van der Waals surface area contributed by atoms with Crippen molar-refractivity contribution in [3.8, 4) is 0 Å². The van der Waals surface area contributed by atoms with Crippen LogP contribution in [0.2, 0.25) is 0 Å². The number of carbonyl (C=O) groups is 3. The third kappa shape index (κ3) is 60.6. The first-order valence-electron chi connectivity index (χ1n) is 31.0. The summed E-state index contributed by atoms with van der Waals surface area (Å²) < 4.78 is 16.9. The van der Waals surface area contributed by atoms with Crippen molar-refractivity contribution in [2.75, 3.05) is 13.2 Å². The van der Waals surface area contributed by atoms with E-state index in [2.05, 4.69) is 142 Å². The van der Waals surface area contributed by atoms with Crippen molar-refractivity contribution in [3.05, 3.63) is 122 Å². The van der Waals surface area contributed by atoms with Crippen molar-refractivity contribution in [1.82, 2.24) is 0 Å². The van der Waals surface area contributed by atoms with Gasteiger partial charge in [0.2, 0.25) is 0 Å². The summed E-state index contributed by atoms with van der Waals surface area (Å²) in [6.07, 6.45) is 86.3. The van der Waals surface area contributed by atoms with E-state index >= 15 is 0 Å². The highest BCUT2D eigenvalue weighted by atomic mass is 16.6. The SMILES string of the molecule is CC/C=C\C/C=C\C/C=C\C/C=C\C/C=C\C/C=C\C/C=C\CCCCCCCCCC(=O)OCC(COC(=O)CCCCCCC/C=C\CCCC)OC(=O)CCCCCCCCC/C=C\C/C=C\CCCCC. The average Bonchev–Trinajstić information content (AvgIpc) is 3.41. The van der Waals surface area contributed by atoms with Crippen LogP contribution in [0.3, 0.4) is 0 Å². The van der Waals surface area contributed by atoms with E-state index in [0.29, 0.717) is 19.3 Å². The molecule has 0 amide bonds. The lowest BCUT2D eigenvalue weighted by Crippen LogP contribution is -2.30. The maximum atomic E-state index is 12.9. The summed E-state index contributed by atoms with van der Waals surface area (Å²) in [5, 5.41) is 0. The molecule has 0 spiro atoms. The molecule has 0 radical (unpaired) electrons. The van der Waals surface area contributed by atoms with Gasteiger partial charge in [-0.25, -0.2) is 0 Å². The molecular formula is C69H114O6. The molecule has 0 saturated carbocycles. The molecule has 1 unspecified atom stereocenters. The standard InChI is InChI=1S/C69H114O6/c1-4-7-10-13-16-19-22-24-26-28-29-30-31-32-33-34-35-36-37-38-39-41-42-44-47-50-53-56-59-62-68(71)74-65-66(64-73-67(70)61-58-55-52-49-46-21-18-15-12-9-6-3)75-69(72)63-60-57-54-51-48-45-43-40-27-25-23-20-17-14-11-8-5-2/h7,10,15-20,24-27,29-30,32-33,35-36,38-39,66H,4-6,8-9,11-14,21-23,28,31,34,37,40-65H2,1-3H3/b10-7-,18-15-,19-16-,20-17-,26-24-,27-25-,30-29-,33-32-,36-35-,39-38-. The van der Waals surface area contributed by atoms with E-state index in [1.807, 2.05) is 0 Å². The molecule has 1 atom stereocenters. The van der Waals surface area contributed by atoms with Gasteiger partial charge in [-0.1, -0.05) is 251 Å². The number of allylic oxidation sites excluding steroid dienone is 20. The zero-order chi connectivity index (χ0) is 54.3. The third-order valence-corrected chi connectivity index (χ3v) is 12.9. The average molecular weight is 1040 g/mol. The van der Waals surface area contributed by atoms with Crippen LogP contribution in [0, 0.1) is 0 Å². The first kappa shape index (κ1) is 70.8. The summed E-state index contributed by atoms with van der Waals surface area (Å²) in [4.78, 5) is 38.2. The summed E-state index contributed by atoms with van der Waals surface area (Å²) >= 11 is 0. The van der Waals surface area contributed by atoms with Crippen LogP contribution < -0.4 is 0 Å². The van der Waals surface area contributed by atoms with Crippen LogP contribution >= 0.6 is 0 Å². The fourth-order valence-corrected chi connectivity index (χ4v) is 8.26. The highest BCUT2D eigenvalue weighted by Crippen LogP contribution is 2.15. The summed E-state index contributed by atoms with van der Waals surface area (Å²) in [6.45, 7) is 6.44. The van der Waals surface area contributed by atoms with E-state index in [9.17, 15) is 14.4 Å². The fourth-order valence-electron chi connectivity index (χ4n) is 8.26. The van der Waals surface area contributed by atoms with E-state index in [4.69, 9.17) is 14.2 Å². The van der Waals surface area contributed by atoms with Crippen LogP contribution in [0.4, 0.5) is 0 Å². The van der Waals surface area contributed by atoms with Gasteiger partial charge < -0.3 is 14.2 Å². The Morgan fingerprint density at radius 2 is 0.533 bits per heavy atom. The van der Waals surface area contributed by atoms with Gasteiger partial charge in [0.1, 0.15) is 13.2 Å². The number of ether oxygens (including phenoxy) is 3. The molecule has 0 fully saturated rings. The molecule has 0 saturated heterocycles. The normalized spacial score (nSPS) is 12.9. The summed E-state index contributed by atoms with van der Waals surface area (Å²) in [6, 6.07) is 0. The first-order chi connectivity index (χ1) is 37.0. The van der Waals surface area contributed by atoms with Gasteiger partial charge in [-0.2, -0.15) is 0 Å². The van der Waals surface area contributed by atoms with Crippen LogP contribution in [-0.4, -0.2) is 37.2 Å². The largest absolute Gasteiger partial charge is 0.462 e. The summed E-state index contributed by atoms with van der Waals surface area (Å²) in [5.74, 6) is -0.918. The molecule has 0 rings (SSSR count). The Morgan fingerprint density at radius 1 is 0.280 bits per heavy atom. The molecule has 75 heavy (non-hydrogen) atoms. The Morgan fingerprint density at radius 3 is 0.867 bits per heavy atom. The van der Waals surface area contributed by atoms with E-state index in [-0.39, 0.29) is 31.1 Å². The molecule has 0 aliphatic heterocycles. The monoisotopic (exact) mass is 1040 g/mol. The maximum absolute atomic E-state index is 12.9. The maximum Gasteiger partial charge on any atom is 0.306 e. The van der Waals surface area contributed by atoms with E-state index in [1.54, 1.807) is 0 Å². The number of hydrogen-bond acceptors (Lipinski definition) is 6. The van der Waals surface area contributed by atoms with Crippen molar-refractivity contribution in [2.45, 2.75) is 284 Å². The number of hydrogen-bond donors (Lipinski definition) is 0. The van der Waals surface area contributed by atoms with Gasteiger partial charge in [0.15, 0.2) is 6.10 Å². The second-order valence-corrected chi connectivity index (χ2v) is 20.2. The van der Waals surface area contributed by atoms with E-state index < -0.39 is 6.10 Å². The van der Waals surface area contributed by atoms with Gasteiger partial charge in [0.25, 0.3) is 0 Å². The highest BCUT2D eigenvalue weighted by Gasteiger charge is 2.19. The first-order valence-corrected chi connectivity index (χ1v) is 31.0. The van der Waals surface area contributed by atoms with Crippen molar-refractivity contribution in [3.63, 3.8) is 0 Å². The number of unbranched alkanes of at least 4 members (excludes halogenated alkanes) is 24. The lowest BCUT2D eigenvalue weighted by atomic mass is 10.1. The van der Waals surface area contributed by atoms with Crippen molar-refractivity contribution in [2.24, 2.45) is 0 Å². The molecule has 0 aromatic carbocycles. The minimum Gasteiger partial charge on any atom is -0.462 e.